The Morgan fingerprint density at radius 3 is 1.50 bits per heavy atom. The molecule has 0 aromatic heterocycles. The van der Waals surface area contributed by atoms with Crippen molar-refractivity contribution >= 4 is 18.2 Å². The van der Waals surface area contributed by atoms with Crippen LogP contribution in [0.15, 0.2) is 0 Å². The van der Waals surface area contributed by atoms with Gasteiger partial charge in [-0.05, 0) is 61.3 Å². The van der Waals surface area contributed by atoms with Crippen LogP contribution < -0.4 is 0 Å². The van der Waals surface area contributed by atoms with E-state index in [-0.39, 0.29) is 12.5 Å². The smallest absolute Gasteiger partial charge is 0.420 e. The molecule has 0 rings (SSSR count). The molecule has 0 heterocycles. The van der Waals surface area contributed by atoms with Gasteiger partial charge in [-0.15, -0.1) is 0 Å². The Labute approximate surface area is 157 Å². The van der Waals surface area contributed by atoms with Gasteiger partial charge in [0.2, 0.25) is 0 Å². The molecule has 0 aliphatic carbocycles. The van der Waals surface area contributed by atoms with Crippen molar-refractivity contribution in [3.63, 3.8) is 0 Å². The van der Waals surface area contributed by atoms with Gasteiger partial charge in [-0.2, -0.15) is 4.90 Å². The summed E-state index contributed by atoms with van der Waals surface area (Å²) in [6, 6.07) is 0. The highest BCUT2D eigenvalue weighted by Crippen LogP contribution is 2.32. The molecular formula is C19H35NO6. The Balaban J connectivity index is 6.23. The lowest BCUT2D eigenvalue weighted by Crippen LogP contribution is -2.63. The van der Waals surface area contributed by atoms with E-state index in [4.69, 9.17) is 14.2 Å². The zero-order chi connectivity index (χ0) is 20.9. The molecule has 0 aromatic rings. The van der Waals surface area contributed by atoms with Crippen LogP contribution in [0.5, 0.6) is 0 Å². The van der Waals surface area contributed by atoms with E-state index in [1.54, 1.807) is 55.4 Å². The maximum atomic E-state index is 12.9. The molecule has 26 heavy (non-hydrogen) atoms. The topological polar surface area (TPSA) is 82.1 Å². The fourth-order valence-electron chi connectivity index (χ4n) is 2.26. The predicted molar refractivity (Wildman–Crippen MR) is 98.8 cm³/mol. The summed E-state index contributed by atoms with van der Waals surface area (Å²) in [6.45, 7) is 17.0. The fourth-order valence-corrected chi connectivity index (χ4v) is 2.26. The first kappa shape index (κ1) is 24.2. The van der Waals surface area contributed by atoms with Gasteiger partial charge in [0.1, 0.15) is 11.2 Å². The minimum absolute atomic E-state index is 0.126. The van der Waals surface area contributed by atoms with Gasteiger partial charge < -0.3 is 14.2 Å². The second kappa shape index (κ2) is 8.73. The van der Waals surface area contributed by atoms with Crippen LogP contribution in [-0.2, 0) is 19.0 Å². The van der Waals surface area contributed by atoms with Crippen molar-refractivity contribution in [1.29, 1.82) is 0 Å². The molecular weight excluding hydrogens is 338 g/mol. The SMILES string of the molecule is CCOC(=O)[C@](C)([C@H](C)CC)N(C(=O)OC(C)(C)C)C(=O)OC(C)(C)C. The second-order valence-corrected chi connectivity index (χ2v) is 8.47. The quantitative estimate of drug-likeness (QED) is 0.520. The molecule has 0 fully saturated rings. The Morgan fingerprint density at radius 1 is 0.846 bits per heavy atom. The van der Waals surface area contributed by atoms with E-state index < -0.39 is 34.9 Å². The first-order valence-electron chi connectivity index (χ1n) is 9.03. The zero-order valence-electron chi connectivity index (χ0n) is 17.9. The third kappa shape index (κ3) is 6.50. The van der Waals surface area contributed by atoms with Crippen LogP contribution in [0.4, 0.5) is 9.59 Å². The Morgan fingerprint density at radius 2 is 1.23 bits per heavy atom. The van der Waals surface area contributed by atoms with E-state index in [9.17, 15) is 14.4 Å². The van der Waals surface area contributed by atoms with E-state index in [0.29, 0.717) is 6.42 Å². The van der Waals surface area contributed by atoms with Crippen LogP contribution in [-0.4, -0.2) is 46.4 Å². The molecule has 0 spiro atoms. The van der Waals surface area contributed by atoms with Crippen molar-refractivity contribution < 1.29 is 28.6 Å². The monoisotopic (exact) mass is 373 g/mol. The molecule has 0 aromatic carbocycles. The molecule has 0 aliphatic rings. The molecule has 0 saturated heterocycles. The molecule has 7 nitrogen and oxygen atoms in total. The number of amides is 2. The van der Waals surface area contributed by atoms with Gasteiger partial charge in [-0.3, -0.25) is 0 Å². The van der Waals surface area contributed by atoms with E-state index >= 15 is 0 Å². The van der Waals surface area contributed by atoms with Crippen molar-refractivity contribution in [3.05, 3.63) is 0 Å². The van der Waals surface area contributed by atoms with E-state index in [0.717, 1.165) is 4.90 Å². The standard InChI is InChI=1S/C19H35NO6/c1-11-13(3)19(10,14(21)24-12-2)20(15(22)25-17(4,5)6)16(23)26-18(7,8)9/h13H,11-12H2,1-10H3/t13-,19+/m1/s1. The van der Waals surface area contributed by atoms with Gasteiger partial charge in [0.25, 0.3) is 0 Å². The number of hydrogen-bond acceptors (Lipinski definition) is 6. The van der Waals surface area contributed by atoms with E-state index in [1.807, 2.05) is 6.92 Å². The molecule has 0 radical (unpaired) electrons. The Kier molecular flexibility index (Phi) is 8.13. The number of imide groups is 1. The van der Waals surface area contributed by atoms with E-state index in [1.165, 1.54) is 6.92 Å². The van der Waals surface area contributed by atoms with Crippen molar-refractivity contribution in [3.8, 4) is 0 Å². The summed E-state index contributed by atoms with van der Waals surface area (Å²) in [5.74, 6) is -1.05. The summed E-state index contributed by atoms with van der Waals surface area (Å²) in [5.41, 5.74) is -3.25. The number of ether oxygens (including phenoxy) is 3. The van der Waals surface area contributed by atoms with Crippen molar-refractivity contribution in [2.75, 3.05) is 6.61 Å². The Hall–Kier alpha value is -1.79. The number of rotatable bonds is 5. The minimum Gasteiger partial charge on any atom is -0.464 e. The van der Waals surface area contributed by atoms with Gasteiger partial charge in [0.05, 0.1) is 6.61 Å². The second-order valence-electron chi connectivity index (χ2n) is 8.47. The summed E-state index contributed by atoms with van der Waals surface area (Å²) < 4.78 is 15.9. The first-order valence-corrected chi connectivity index (χ1v) is 9.03. The number of carbonyl (C=O) groups excluding carboxylic acids is 3. The van der Waals surface area contributed by atoms with Crippen LogP contribution in [0.3, 0.4) is 0 Å². The van der Waals surface area contributed by atoms with E-state index in [2.05, 4.69) is 0 Å². The van der Waals surface area contributed by atoms with Gasteiger partial charge >= 0.3 is 18.2 Å². The lowest BCUT2D eigenvalue weighted by Gasteiger charge is -2.41. The Bertz CT molecular complexity index is 489. The average Bonchev–Trinajstić information content (AvgIpc) is 2.42. The predicted octanol–water partition coefficient (Wildman–Crippen LogP) is 4.53. The van der Waals surface area contributed by atoms with Gasteiger partial charge in [0, 0.05) is 0 Å². The summed E-state index contributed by atoms with van der Waals surface area (Å²) in [7, 11) is 0. The third-order valence-corrected chi connectivity index (χ3v) is 3.88. The van der Waals surface area contributed by atoms with Gasteiger partial charge in [-0.1, -0.05) is 20.3 Å². The molecule has 2 atom stereocenters. The van der Waals surface area contributed by atoms with Crippen molar-refractivity contribution in [2.45, 2.75) is 92.4 Å². The summed E-state index contributed by atoms with van der Waals surface area (Å²) in [4.78, 5) is 39.2. The molecule has 0 N–H and O–H groups in total. The third-order valence-electron chi connectivity index (χ3n) is 3.88. The first-order chi connectivity index (χ1) is 11.6. The van der Waals surface area contributed by atoms with Crippen molar-refractivity contribution in [2.24, 2.45) is 5.92 Å². The van der Waals surface area contributed by atoms with Crippen LogP contribution >= 0.6 is 0 Å². The highest BCUT2D eigenvalue weighted by molar-refractivity contribution is 5.96. The normalized spacial score (nSPS) is 15.5. The van der Waals surface area contributed by atoms with Crippen LogP contribution in [0.25, 0.3) is 0 Å². The number of nitrogens with zero attached hydrogens (tertiary/aromatic N) is 1. The number of carbonyl (C=O) groups is 3. The largest absolute Gasteiger partial charge is 0.464 e. The van der Waals surface area contributed by atoms with Gasteiger partial charge in [0.15, 0.2) is 5.54 Å². The highest BCUT2D eigenvalue weighted by Gasteiger charge is 2.53. The minimum atomic E-state index is -1.56. The van der Waals surface area contributed by atoms with Crippen LogP contribution in [0.1, 0.15) is 75.7 Å². The molecule has 7 heteroatoms. The zero-order valence-corrected chi connectivity index (χ0v) is 17.9. The molecule has 0 bridgehead atoms. The lowest BCUT2D eigenvalue weighted by molar-refractivity contribution is -0.159. The molecule has 0 unspecified atom stereocenters. The fraction of sp³-hybridized carbons (Fsp3) is 0.842. The molecule has 152 valence electrons. The van der Waals surface area contributed by atoms with Crippen LogP contribution in [0, 0.1) is 5.92 Å². The van der Waals surface area contributed by atoms with Crippen molar-refractivity contribution in [1.82, 2.24) is 4.90 Å². The summed E-state index contributed by atoms with van der Waals surface area (Å²) in [6.07, 6.45) is -1.34. The van der Waals surface area contributed by atoms with Gasteiger partial charge in [-0.25, -0.2) is 14.4 Å². The molecule has 0 aliphatic heterocycles. The number of hydrogen-bond donors (Lipinski definition) is 0. The summed E-state index contributed by atoms with van der Waals surface area (Å²) >= 11 is 0. The molecule has 2 amide bonds. The lowest BCUT2D eigenvalue weighted by atomic mass is 9.83. The number of esters is 1. The average molecular weight is 373 g/mol. The summed E-state index contributed by atoms with van der Waals surface area (Å²) in [5, 5.41) is 0. The van der Waals surface area contributed by atoms with Crippen LogP contribution in [0.2, 0.25) is 0 Å². The highest BCUT2D eigenvalue weighted by atomic mass is 16.6. The maximum absolute atomic E-state index is 12.9. The maximum Gasteiger partial charge on any atom is 0.420 e. The molecule has 0 saturated carbocycles.